The van der Waals surface area contributed by atoms with Gasteiger partial charge in [-0.2, -0.15) is 0 Å². The molecule has 1 N–H and O–H groups in total. The average Bonchev–Trinajstić information content (AvgIpc) is 3.10. The molecule has 2 atom stereocenters. The molecule has 2 aliphatic rings. The highest BCUT2D eigenvalue weighted by Crippen LogP contribution is 2.35. The molecule has 1 saturated heterocycles. The number of nitrogens with zero attached hydrogens (tertiary/aromatic N) is 2. The maximum atomic E-state index is 13.1. The molecule has 2 aromatic carbocycles. The van der Waals surface area contributed by atoms with Gasteiger partial charge in [0.25, 0.3) is 5.91 Å². The van der Waals surface area contributed by atoms with E-state index in [1.54, 1.807) is 31.3 Å². The van der Waals surface area contributed by atoms with E-state index in [1.807, 2.05) is 12.1 Å². The molecule has 2 heterocycles. The van der Waals surface area contributed by atoms with Crippen LogP contribution in [0, 0.1) is 0 Å². The van der Waals surface area contributed by atoms with Crippen LogP contribution in [0.15, 0.2) is 48.5 Å². The highest BCUT2D eigenvalue weighted by atomic mass is 16.5. The van der Waals surface area contributed by atoms with Gasteiger partial charge in [0, 0.05) is 13.5 Å². The number of benzene rings is 2. The van der Waals surface area contributed by atoms with Crippen LogP contribution in [0.5, 0.6) is 5.75 Å². The first-order chi connectivity index (χ1) is 13.0. The topological polar surface area (TPSA) is 87.2 Å². The summed E-state index contributed by atoms with van der Waals surface area (Å²) < 4.78 is 6.04. The second kappa shape index (κ2) is 6.42. The maximum Gasteiger partial charge on any atom is 0.336 e. The molecule has 0 radical (unpaired) electrons. The first-order valence-electron chi connectivity index (χ1n) is 8.64. The molecule has 2 bridgehead atoms. The Morgan fingerprint density at radius 1 is 1.07 bits per heavy atom. The van der Waals surface area contributed by atoms with E-state index >= 15 is 0 Å². The molecule has 2 amide bonds. The lowest BCUT2D eigenvalue weighted by Gasteiger charge is -2.29. The van der Waals surface area contributed by atoms with E-state index in [4.69, 9.17) is 4.74 Å². The lowest BCUT2D eigenvalue weighted by Crippen LogP contribution is -2.47. The number of anilines is 1. The Hall–Kier alpha value is -3.35. The largest absolute Gasteiger partial charge is 0.486 e. The van der Waals surface area contributed by atoms with Crippen molar-refractivity contribution >= 4 is 23.5 Å². The number of aromatic carboxylic acids is 1. The summed E-state index contributed by atoms with van der Waals surface area (Å²) in [4.78, 5) is 40.5. The molecule has 2 aliphatic heterocycles. The van der Waals surface area contributed by atoms with E-state index < -0.39 is 17.9 Å². The molecule has 1 fully saturated rings. The summed E-state index contributed by atoms with van der Waals surface area (Å²) in [7, 11) is 1.65. The molecule has 0 spiro atoms. The van der Waals surface area contributed by atoms with Crippen molar-refractivity contribution in [1.82, 2.24) is 4.90 Å². The minimum Gasteiger partial charge on any atom is -0.486 e. The predicted octanol–water partition coefficient (Wildman–Crippen LogP) is 2.02. The zero-order valence-corrected chi connectivity index (χ0v) is 14.7. The SMILES string of the molecule is CN1C(=O)[C@@H]2C[C@@H](CN2C(=O)c2ccccc2C(=O)O)Oc2ccccc21. The number of likely N-dealkylation sites (tertiary alicyclic amines) is 1. The fraction of sp³-hybridized carbons (Fsp3) is 0.250. The number of carbonyl (C=O) groups is 3. The van der Waals surface area contributed by atoms with Crippen LogP contribution >= 0.6 is 0 Å². The molecule has 27 heavy (non-hydrogen) atoms. The molecule has 7 nitrogen and oxygen atoms in total. The van der Waals surface area contributed by atoms with E-state index in [0.717, 1.165) is 0 Å². The highest BCUT2D eigenvalue weighted by molar-refractivity contribution is 6.07. The number of carboxylic acids is 1. The van der Waals surface area contributed by atoms with E-state index in [9.17, 15) is 19.5 Å². The number of hydrogen-bond acceptors (Lipinski definition) is 4. The van der Waals surface area contributed by atoms with Gasteiger partial charge in [0.2, 0.25) is 5.91 Å². The fourth-order valence-corrected chi connectivity index (χ4v) is 3.71. The summed E-state index contributed by atoms with van der Waals surface area (Å²) in [5.41, 5.74) is 0.643. The molecular weight excluding hydrogens is 348 g/mol. The van der Waals surface area contributed by atoms with Crippen LogP contribution in [0.1, 0.15) is 27.1 Å². The Morgan fingerprint density at radius 3 is 2.48 bits per heavy atom. The lowest BCUT2D eigenvalue weighted by molar-refractivity contribution is -0.122. The number of ether oxygens (including phenoxy) is 1. The quantitative estimate of drug-likeness (QED) is 0.879. The number of carbonyl (C=O) groups excluding carboxylic acids is 2. The summed E-state index contributed by atoms with van der Waals surface area (Å²) in [5.74, 6) is -1.27. The van der Waals surface area contributed by atoms with Gasteiger partial charge in [-0.05, 0) is 24.3 Å². The van der Waals surface area contributed by atoms with Crippen LogP contribution in [0.2, 0.25) is 0 Å². The van der Waals surface area contributed by atoms with Crippen molar-refractivity contribution < 1.29 is 24.2 Å². The predicted molar refractivity (Wildman–Crippen MR) is 97.1 cm³/mol. The number of para-hydroxylation sites is 2. The molecule has 2 aromatic rings. The first-order valence-corrected chi connectivity index (χ1v) is 8.64. The maximum absolute atomic E-state index is 13.1. The highest BCUT2D eigenvalue weighted by Gasteiger charge is 2.44. The van der Waals surface area contributed by atoms with Gasteiger partial charge in [0.15, 0.2) is 0 Å². The second-order valence-corrected chi connectivity index (χ2v) is 6.66. The Labute approximate surface area is 155 Å². The number of fused-ring (bicyclic) bond motifs is 3. The van der Waals surface area contributed by atoms with Gasteiger partial charge < -0.3 is 19.6 Å². The van der Waals surface area contributed by atoms with Crippen molar-refractivity contribution in [3.63, 3.8) is 0 Å². The Bertz CT molecular complexity index is 941. The third-order valence-electron chi connectivity index (χ3n) is 5.05. The third kappa shape index (κ3) is 2.81. The van der Waals surface area contributed by atoms with Crippen LogP contribution in [0.25, 0.3) is 0 Å². The summed E-state index contributed by atoms with van der Waals surface area (Å²) in [6, 6.07) is 12.6. The summed E-state index contributed by atoms with van der Waals surface area (Å²) in [6.45, 7) is 0.228. The number of rotatable bonds is 2. The number of amides is 2. The smallest absolute Gasteiger partial charge is 0.336 e. The molecule has 0 saturated carbocycles. The van der Waals surface area contributed by atoms with Crippen molar-refractivity contribution in [1.29, 1.82) is 0 Å². The number of carboxylic acid groups (broad SMARTS) is 1. The van der Waals surface area contributed by atoms with Crippen LogP contribution in [0.3, 0.4) is 0 Å². The van der Waals surface area contributed by atoms with Gasteiger partial charge in [-0.25, -0.2) is 4.79 Å². The Balaban J connectivity index is 1.71. The summed E-state index contributed by atoms with van der Waals surface area (Å²) in [5, 5.41) is 9.38. The first kappa shape index (κ1) is 17.1. The van der Waals surface area contributed by atoms with Gasteiger partial charge in [-0.15, -0.1) is 0 Å². The number of hydrogen-bond donors (Lipinski definition) is 1. The monoisotopic (exact) mass is 366 g/mol. The van der Waals surface area contributed by atoms with E-state index in [1.165, 1.54) is 21.9 Å². The van der Waals surface area contributed by atoms with Gasteiger partial charge in [0.05, 0.1) is 23.4 Å². The lowest BCUT2D eigenvalue weighted by atomic mass is 10.1. The molecule has 0 unspecified atom stereocenters. The molecular formula is C20H18N2O5. The normalized spacial score (nSPS) is 21.1. The summed E-state index contributed by atoms with van der Waals surface area (Å²) >= 11 is 0. The zero-order valence-electron chi connectivity index (χ0n) is 14.7. The van der Waals surface area contributed by atoms with E-state index in [0.29, 0.717) is 17.9 Å². The summed E-state index contributed by atoms with van der Waals surface area (Å²) in [6.07, 6.45) is 0.0492. The molecule has 4 rings (SSSR count). The third-order valence-corrected chi connectivity index (χ3v) is 5.05. The van der Waals surface area contributed by atoms with Gasteiger partial charge in [-0.1, -0.05) is 24.3 Å². The molecule has 7 heteroatoms. The minimum atomic E-state index is -1.18. The van der Waals surface area contributed by atoms with Crippen molar-refractivity contribution in [3.8, 4) is 5.75 Å². The van der Waals surface area contributed by atoms with Gasteiger partial charge in [-0.3, -0.25) is 9.59 Å². The van der Waals surface area contributed by atoms with Crippen LogP contribution < -0.4 is 9.64 Å². The van der Waals surface area contributed by atoms with E-state index in [-0.39, 0.29) is 29.7 Å². The second-order valence-electron chi connectivity index (χ2n) is 6.66. The molecule has 0 aliphatic carbocycles. The standard InChI is InChI=1S/C20H18N2O5/c1-21-15-8-4-5-9-17(15)27-12-10-16(19(21)24)22(11-12)18(23)13-6-2-3-7-14(13)20(25)26/h2-9,12,16H,10-11H2,1H3,(H,25,26)/t12-,16-/m0/s1. The van der Waals surface area contributed by atoms with E-state index in [2.05, 4.69) is 0 Å². The Morgan fingerprint density at radius 2 is 1.74 bits per heavy atom. The average molecular weight is 366 g/mol. The van der Waals surface area contributed by atoms with Gasteiger partial charge in [0.1, 0.15) is 17.9 Å². The number of likely N-dealkylation sites (N-methyl/N-ethyl adjacent to an activating group) is 1. The van der Waals surface area contributed by atoms with Crippen LogP contribution in [-0.4, -0.2) is 53.5 Å². The molecule has 0 aromatic heterocycles. The zero-order chi connectivity index (χ0) is 19.1. The molecule has 138 valence electrons. The van der Waals surface area contributed by atoms with Gasteiger partial charge >= 0.3 is 5.97 Å². The van der Waals surface area contributed by atoms with Crippen molar-refractivity contribution in [2.24, 2.45) is 0 Å². The van der Waals surface area contributed by atoms with Crippen molar-refractivity contribution in [2.75, 3.05) is 18.5 Å². The van der Waals surface area contributed by atoms with Crippen LogP contribution in [-0.2, 0) is 4.79 Å². The Kier molecular flexibility index (Phi) is 4.07. The van der Waals surface area contributed by atoms with Crippen LogP contribution in [0.4, 0.5) is 5.69 Å². The fourth-order valence-electron chi connectivity index (χ4n) is 3.71. The van der Waals surface area contributed by atoms with Crippen molar-refractivity contribution in [2.45, 2.75) is 18.6 Å². The van der Waals surface area contributed by atoms with Crippen molar-refractivity contribution in [3.05, 3.63) is 59.7 Å². The minimum absolute atomic E-state index is 0.0721.